The Kier molecular flexibility index (Phi) is 3.54. The Morgan fingerprint density at radius 2 is 2.20 bits per heavy atom. The van der Waals surface area contributed by atoms with Crippen molar-refractivity contribution >= 4 is 17.4 Å². The topological polar surface area (TPSA) is 49.2 Å². The normalized spacial score (nSPS) is 18.6. The lowest BCUT2D eigenvalue weighted by atomic mass is 10.2. The van der Waals surface area contributed by atoms with Gasteiger partial charge in [-0.05, 0) is 30.7 Å². The molecule has 1 aromatic carbocycles. The number of aliphatic hydroxyl groups is 1. The van der Waals surface area contributed by atoms with E-state index in [9.17, 15) is 9.50 Å². The average molecular weight is 294 g/mol. The van der Waals surface area contributed by atoms with Gasteiger partial charge in [0.1, 0.15) is 11.6 Å². The van der Waals surface area contributed by atoms with Gasteiger partial charge in [0.05, 0.1) is 11.1 Å². The highest BCUT2D eigenvalue weighted by Gasteiger charge is 2.21. The molecule has 1 atom stereocenters. The van der Waals surface area contributed by atoms with Gasteiger partial charge in [0.15, 0.2) is 5.82 Å². The monoisotopic (exact) mass is 293 g/mol. The van der Waals surface area contributed by atoms with E-state index < -0.39 is 5.82 Å². The molecule has 4 nitrogen and oxygen atoms in total. The smallest absolute Gasteiger partial charge is 0.161 e. The van der Waals surface area contributed by atoms with Crippen molar-refractivity contribution in [2.75, 3.05) is 18.0 Å². The number of hydrogen-bond acceptors (Lipinski definition) is 4. The van der Waals surface area contributed by atoms with Crippen LogP contribution in [0.4, 0.5) is 10.2 Å². The molecule has 1 N–H and O–H groups in total. The van der Waals surface area contributed by atoms with E-state index in [-0.39, 0.29) is 11.1 Å². The lowest BCUT2D eigenvalue weighted by molar-refractivity contribution is 0.198. The minimum atomic E-state index is -0.491. The summed E-state index contributed by atoms with van der Waals surface area (Å²) in [6, 6.07) is 6.28. The second-order valence-corrected chi connectivity index (χ2v) is 5.16. The van der Waals surface area contributed by atoms with Crippen LogP contribution in [-0.4, -0.2) is 34.3 Å². The van der Waals surface area contributed by atoms with Gasteiger partial charge in [-0.3, -0.25) is 0 Å². The minimum absolute atomic E-state index is 0.0765. The molecule has 1 saturated heterocycles. The van der Waals surface area contributed by atoms with Crippen LogP contribution in [0, 0.1) is 5.82 Å². The molecule has 20 heavy (non-hydrogen) atoms. The predicted molar refractivity (Wildman–Crippen MR) is 75.3 cm³/mol. The van der Waals surface area contributed by atoms with E-state index >= 15 is 0 Å². The first kappa shape index (κ1) is 13.3. The summed E-state index contributed by atoms with van der Waals surface area (Å²) in [6.45, 7) is 1.32. The SMILES string of the molecule is O[C@H]1CCN(c2ccnc(-c3ccc(Cl)c(F)c3)n2)C1. The van der Waals surface area contributed by atoms with E-state index in [0.29, 0.717) is 17.9 Å². The first-order chi connectivity index (χ1) is 9.63. The van der Waals surface area contributed by atoms with Crippen molar-refractivity contribution in [3.05, 3.63) is 41.3 Å². The van der Waals surface area contributed by atoms with Gasteiger partial charge in [0, 0.05) is 24.8 Å². The number of aromatic nitrogens is 2. The van der Waals surface area contributed by atoms with Crippen LogP contribution in [0.2, 0.25) is 5.02 Å². The number of β-amino-alcohol motifs (C(OH)–C–C–N with tert-alkyl or cyclic N) is 1. The maximum Gasteiger partial charge on any atom is 0.161 e. The van der Waals surface area contributed by atoms with Crippen LogP contribution in [0.25, 0.3) is 11.4 Å². The van der Waals surface area contributed by atoms with Crippen molar-refractivity contribution in [2.24, 2.45) is 0 Å². The molecular weight excluding hydrogens is 281 g/mol. The third-order valence-electron chi connectivity index (χ3n) is 3.31. The predicted octanol–water partition coefficient (Wildman–Crippen LogP) is 2.51. The van der Waals surface area contributed by atoms with Gasteiger partial charge in [-0.2, -0.15) is 0 Å². The van der Waals surface area contributed by atoms with Crippen molar-refractivity contribution in [2.45, 2.75) is 12.5 Å². The lowest BCUT2D eigenvalue weighted by Gasteiger charge is -2.16. The molecule has 0 radical (unpaired) electrons. The molecule has 0 amide bonds. The lowest BCUT2D eigenvalue weighted by Crippen LogP contribution is -2.22. The van der Waals surface area contributed by atoms with Gasteiger partial charge < -0.3 is 10.0 Å². The van der Waals surface area contributed by atoms with Gasteiger partial charge in [0.25, 0.3) is 0 Å². The van der Waals surface area contributed by atoms with Crippen LogP contribution in [-0.2, 0) is 0 Å². The molecule has 0 spiro atoms. The second-order valence-electron chi connectivity index (χ2n) is 4.76. The molecule has 0 aliphatic carbocycles. The number of halogens is 2. The second kappa shape index (κ2) is 5.34. The van der Waals surface area contributed by atoms with E-state index in [4.69, 9.17) is 11.6 Å². The molecular formula is C14H13ClFN3O. The Morgan fingerprint density at radius 3 is 2.90 bits per heavy atom. The van der Waals surface area contributed by atoms with Crippen LogP contribution in [0.1, 0.15) is 6.42 Å². The Hall–Kier alpha value is -1.72. The van der Waals surface area contributed by atoms with Crippen molar-refractivity contribution in [3.63, 3.8) is 0 Å². The van der Waals surface area contributed by atoms with Gasteiger partial charge in [0.2, 0.25) is 0 Å². The number of aliphatic hydroxyl groups excluding tert-OH is 1. The van der Waals surface area contributed by atoms with E-state index in [1.807, 2.05) is 4.90 Å². The van der Waals surface area contributed by atoms with Crippen molar-refractivity contribution < 1.29 is 9.50 Å². The molecule has 0 bridgehead atoms. The summed E-state index contributed by atoms with van der Waals surface area (Å²) in [5, 5.41) is 9.64. The summed E-state index contributed by atoms with van der Waals surface area (Å²) in [5.74, 6) is 0.691. The van der Waals surface area contributed by atoms with Gasteiger partial charge in [-0.1, -0.05) is 11.6 Å². The summed E-state index contributed by atoms with van der Waals surface area (Å²) in [4.78, 5) is 10.6. The fraction of sp³-hybridized carbons (Fsp3) is 0.286. The van der Waals surface area contributed by atoms with Crippen LogP contribution in [0.3, 0.4) is 0 Å². The van der Waals surface area contributed by atoms with Gasteiger partial charge in [-0.15, -0.1) is 0 Å². The van der Waals surface area contributed by atoms with Crippen LogP contribution in [0.5, 0.6) is 0 Å². The number of nitrogens with zero attached hydrogens (tertiary/aromatic N) is 3. The third kappa shape index (κ3) is 2.59. The summed E-state index contributed by atoms with van der Waals surface area (Å²) >= 11 is 5.67. The molecule has 1 aliphatic rings. The van der Waals surface area contributed by atoms with Crippen molar-refractivity contribution in [1.82, 2.24) is 9.97 Å². The zero-order chi connectivity index (χ0) is 14.1. The first-order valence-corrected chi connectivity index (χ1v) is 6.73. The molecule has 1 aliphatic heterocycles. The van der Waals surface area contributed by atoms with E-state index in [1.54, 1.807) is 18.3 Å². The molecule has 104 valence electrons. The Labute approximate surface area is 120 Å². The standard InChI is InChI=1S/C14H13ClFN3O/c15-11-2-1-9(7-12(11)16)14-17-5-3-13(18-14)19-6-4-10(20)8-19/h1-3,5,7,10,20H,4,6,8H2/t10-/m0/s1. The van der Waals surface area contributed by atoms with Gasteiger partial charge >= 0.3 is 0 Å². The summed E-state index contributed by atoms with van der Waals surface area (Å²) in [6.07, 6.45) is 2.05. The Bertz CT molecular complexity index is 638. The molecule has 0 saturated carbocycles. The summed E-state index contributed by atoms with van der Waals surface area (Å²) < 4.78 is 13.5. The van der Waals surface area contributed by atoms with Crippen LogP contribution >= 0.6 is 11.6 Å². The number of anilines is 1. The largest absolute Gasteiger partial charge is 0.391 e. The zero-order valence-corrected chi connectivity index (χ0v) is 11.4. The Morgan fingerprint density at radius 1 is 1.35 bits per heavy atom. The van der Waals surface area contributed by atoms with Crippen molar-refractivity contribution in [3.8, 4) is 11.4 Å². The first-order valence-electron chi connectivity index (χ1n) is 6.35. The molecule has 3 rings (SSSR count). The fourth-order valence-electron chi connectivity index (χ4n) is 2.25. The summed E-state index contributed by atoms with van der Waals surface area (Å²) in [7, 11) is 0. The highest BCUT2D eigenvalue weighted by Crippen LogP contribution is 2.24. The quantitative estimate of drug-likeness (QED) is 0.924. The highest BCUT2D eigenvalue weighted by molar-refractivity contribution is 6.30. The minimum Gasteiger partial charge on any atom is -0.391 e. The van der Waals surface area contributed by atoms with Gasteiger partial charge in [-0.25, -0.2) is 14.4 Å². The van der Waals surface area contributed by atoms with E-state index in [2.05, 4.69) is 9.97 Å². The maximum absolute atomic E-state index is 13.5. The fourth-order valence-corrected chi connectivity index (χ4v) is 2.37. The molecule has 0 unspecified atom stereocenters. The molecule has 2 heterocycles. The van der Waals surface area contributed by atoms with Crippen molar-refractivity contribution in [1.29, 1.82) is 0 Å². The highest BCUT2D eigenvalue weighted by atomic mass is 35.5. The molecule has 2 aromatic rings. The average Bonchev–Trinajstić information content (AvgIpc) is 2.89. The maximum atomic E-state index is 13.5. The number of hydrogen-bond donors (Lipinski definition) is 1. The number of benzene rings is 1. The van der Waals surface area contributed by atoms with Crippen LogP contribution in [0.15, 0.2) is 30.5 Å². The molecule has 6 heteroatoms. The van der Waals surface area contributed by atoms with E-state index in [0.717, 1.165) is 18.8 Å². The van der Waals surface area contributed by atoms with Crippen LogP contribution < -0.4 is 4.90 Å². The third-order valence-corrected chi connectivity index (χ3v) is 3.61. The van der Waals surface area contributed by atoms with E-state index in [1.165, 1.54) is 12.1 Å². The Balaban J connectivity index is 1.92. The number of rotatable bonds is 2. The molecule has 1 aromatic heterocycles. The summed E-state index contributed by atoms with van der Waals surface area (Å²) in [5.41, 5.74) is 0.577. The molecule has 1 fully saturated rings. The zero-order valence-electron chi connectivity index (χ0n) is 10.6.